The quantitative estimate of drug-likeness (QED) is 0.819. The molecular weight excluding hydrogens is 244 g/mol. The van der Waals surface area contributed by atoms with Crippen LogP contribution in [-0.4, -0.2) is 32.2 Å². The summed E-state index contributed by atoms with van der Waals surface area (Å²) >= 11 is 0. The van der Waals surface area contributed by atoms with Gasteiger partial charge in [-0.05, 0) is 19.9 Å². The van der Waals surface area contributed by atoms with Crippen molar-refractivity contribution in [2.45, 2.75) is 19.9 Å². The summed E-state index contributed by atoms with van der Waals surface area (Å²) in [5.41, 5.74) is 7.38. The molecule has 0 atom stereocenters. The molecule has 7 nitrogen and oxygen atoms in total. The normalized spacial score (nSPS) is 10.4. The van der Waals surface area contributed by atoms with E-state index in [1.165, 1.54) is 6.33 Å². The fraction of sp³-hybridized carbons (Fsp3) is 0.333. The van der Waals surface area contributed by atoms with Gasteiger partial charge in [0.1, 0.15) is 6.33 Å². The third-order valence-electron chi connectivity index (χ3n) is 2.74. The first-order valence-corrected chi connectivity index (χ1v) is 6.01. The van der Waals surface area contributed by atoms with E-state index >= 15 is 0 Å². The summed E-state index contributed by atoms with van der Waals surface area (Å²) in [7, 11) is 0. The lowest BCUT2D eigenvalue weighted by molar-refractivity contribution is 0.102. The van der Waals surface area contributed by atoms with Crippen LogP contribution in [0, 0.1) is 6.92 Å². The first-order chi connectivity index (χ1) is 9.22. The van der Waals surface area contributed by atoms with Gasteiger partial charge in [0.05, 0.1) is 29.8 Å². The van der Waals surface area contributed by atoms with E-state index in [4.69, 9.17) is 5.73 Å². The Morgan fingerprint density at radius 1 is 1.37 bits per heavy atom. The van der Waals surface area contributed by atoms with Crippen molar-refractivity contribution >= 4 is 11.6 Å². The summed E-state index contributed by atoms with van der Waals surface area (Å²) in [5, 5.41) is 6.91. The van der Waals surface area contributed by atoms with Gasteiger partial charge >= 0.3 is 0 Å². The van der Waals surface area contributed by atoms with Crippen molar-refractivity contribution < 1.29 is 4.79 Å². The monoisotopic (exact) mass is 260 g/mol. The molecule has 3 N–H and O–H groups in total. The number of nitrogens with one attached hydrogen (secondary N) is 1. The Kier molecular flexibility index (Phi) is 4.19. The fourth-order valence-corrected chi connectivity index (χ4v) is 1.70. The average molecular weight is 260 g/mol. The predicted octanol–water partition coefficient (Wildman–Crippen LogP) is 0.583. The Bertz CT molecular complexity index is 551. The summed E-state index contributed by atoms with van der Waals surface area (Å²) < 4.78 is 1.78. The lowest BCUT2D eigenvalue weighted by atomic mass is 10.2. The van der Waals surface area contributed by atoms with E-state index in [1.54, 1.807) is 23.3 Å². The zero-order valence-corrected chi connectivity index (χ0v) is 10.7. The highest BCUT2D eigenvalue weighted by molar-refractivity contribution is 6.04. The maximum absolute atomic E-state index is 12.1. The molecule has 1 amide bonds. The van der Waals surface area contributed by atoms with Gasteiger partial charge in [0.25, 0.3) is 5.91 Å². The lowest BCUT2D eigenvalue weighted by Crippen LogP contribution is -2.14. The summed E-state index contributed by atoms with van der Waals surface area (Å²) in [4.78, 5) is 19.8. The van der Waals surface area contributed by atoms with Crippen molar-refractivity contribution in [1.82, 2.24) is 19.7 Å². The van der Waals surface area contributed by atoms with Crippen molar-refractivity contribution in [3.63, 3.8) is 0 Å². The molecular formula is C12H16N6O. The van der Waals surface area contributed by atoms with E-state index in [0.29, 0.717) is 24.3 Å². The molecule has 0 saturated heterocycles. The Balaban J connectivity index is 2.09. The molecule has 0 radical (unpaired) electrons. The molecule has 7 heteroatoms. The Morgan fingerprint density at radius 3 is 2.79 bits per heavy atom. The van der Waals surface area contributed by atoms with Crippen molar-refractivity contribution in [2.24, 2.45) is 5.73 Å². The van der Waals surface area contributed by atoms with Crippen molar-refractivity contribution in [1.29, 1.82) is 0 Å². The zero-order valence-electron chi connectivity index (χ0n) is 10.7. The molecule has 0 spiro atoms. The van der Waals surface area contributed by atoms with Gasteiger partial charge in [0, 0.05) is 12.2 Å². The molecule has 0 saturated carbocycles. The van der Waals surface area contributed by atoms with E-state index in [-0.39, 0.29) is 5.91 Å². The van der Waals surface area contributed by atoms with Crippen LogP contribution in [0.1, 0.15) is 22.5 Å². The van der Waals surface area contributed by atoms with Crippen LogP contribution >= 0.6 is 0 Å². The number of anilines is 1. The third kappa shape index (κ3) is 3.14. The Morgan fingerprint density at radius 2 is 2.11 bits per heavy atom. The van der Waals surface area contributed by atoms with Gasteiger partial charge < -0.3 is 11.1 Å². The minimum absolute atomic E-state index is 0.216. The van der Waals surface area contributed by atoms with E-state index in [2.05, 4.69) is 20.4 Å². The number of nitrogens with two attached hydrogens (primary N) is 1. The summed E-state index contributed by atoms with van der Waals surface area (Å²) in [6.45, 7) is 3.17. The minimum Gasteiger partial charge on any atom is -0.330 e. The number of carbonyl (C=O) groups excluding carboxylic acids is 1. The number of nitrogens with zero attached hydrogens (tertiary/aromatic N) is 4. The highest BCUT2D eigenvalue weighted by Crippen LogP contribution is 2.11. The summed E-state index contributed by atoms with van der Waals surface area (Å²) in [6.07, 6.45) is 6.88. The molecule has 0 fully saturated rings. The highest BCUT2D eigenvalue weighted by Gasteiger charge is 2.14. The molecule has 0 aliphatic rings. The topological polar surface area (TPSA) is 98.7 Å². The molecule has 0 unspecified atom stereocenters. The molecule has 2 aromatic heterocycles. The summed E-state index contributed by atoms with van der Waals surface area (Å²) in [6, 6.07) is 0. The molecule has 2 aromatic rings. The molecule has 2 heterocycles. The number of aromatic nitrogens is 4. The van der Waals surface area contributed by atoms with Gasteiger partial charge in [-0.15, -0.1) is 0 Å². The largest absolute Gasteiger partial charge is 0.330 e. The maximum atomic E-state index is 12.1. The van der Waals surface area contributed by atoms with Crippen molar-refractivity contribution in [3.8, 4) is 0 Å². The van der Waals surface area contributed by atoms with Gasteiger partial charge in [0.2, 0.25) is 0 Å². The second-order valence-corrected chi connectivity index (χ2v) is 4.09. The van der Waals surface area contributed by atoms with Gasteiger partial charge in [-0.3, -0.25) is 9.48 Å². The third-order valence-corrected chi connectivity index (χ3v) is 2.74. The number of hydrogen-bond acceptors (Lipinski definition) is 5. The SMILES string of the molecule is Cc1c(C(=O)Nc2cncnc2)cnn1CCCN. The molecule has 0 aliphatic carbocycles. The molecule has 19 heavy (non-hydrogen) atoms. The molecule has 0 aliphatic heterocycles. The van der Waals surface area contributed by atoms with Gasteiger partial charge in [-0.2, -0.15) is 5.10 Å². The number of carbonyl (C=O) groups is 1. The minimum atomic E-state index is -0.216. The summed E-state index contributed by atoms with van der Waals surface area (Å²) in [5.74, 6) is -0.216. The van der Waals surface area contributed by atoms with Crippen LogP contribution in [0.2, 0.25) is 0 Å². The number of amides is 1. The second kappa shape index (κ2) is 6.05. The average Bonchev–Trinajstić information content (AvgIpc) is 2.79. The lowest BCUT2D eigenvalue weighted by Gasteiger charge is -2.05. The van der Waals surface area contributed by atoms with Crippen LogP contribution in [0.3, 0.4) is 0 Å². The first kappa shape index (κ1) is 13.2. The zero-order chi connectivity index (χ0) is 13.7. The van der Waals surface area contributed by atoms with Gasteiger partial charge in [-0.1, -0.05) is 0 Å². The number of hydrogen-bond donors (Lipinski definition) is 2. The van der Waals surface area contributed by atoms with Crippen molar-refractivity contribution in [2.75, 3.05) is 11.9 Å². The van der Waals surface area contributed by atoms with E-state index in [9.17, 15) is 4.79 Å². The van der Waals surface area contributed by atoms with Crippen LogP contribution < -0.4 is 11.1 Å². The van der Waals surface area contributed by atoms with Crippen LogP contribution in [0.25, 0.3) is 0 Å². The first-order valence-electron chi connectivity index (χ1n) is 6.01. The van der Waals surface area contributed by atoms with E-state index < -0.39 is 0 Å². The Hall–Kier alpha value is -2.28. The Labute approximate surface area is 110 Å². The molecule has 0 bridgehead atoms. The maximum Gasteiger partial charge on any atom is 0.259 e. The highest BCUT2D eigenvalue weighted by atomic mass is 16.1. The van der Waals surface area contributed by atoms with Gasteiger partial charge in [-0.25, -0.2) is 9.97 Å². The van der Waals surface area contributed by atoms with E-state index in [0.717, 1.165) is 12.1 Å². The fourth-order valence-electron chi connectivity index (χ4n) is 1.70. The van der Waals surface area contributed by atoms with Gasteiger partial charge in [0.15, 0.2) is 0 Å². The number of aryl methyl sites for hydroxylation is 1. The van der Waals surface area contributed by atoms with Crippen LogP contribution in [0.5, 0.6) is 0 Å². The molecule has 2 rings (SSSR count). The van der Waals surface area contributed by atoms with Crippen LogP contribution in [-0.2, 0) is 6.54 Å². The predicted molar refractivity (Wildman–Crippen MR) is 70.6 cm³/mol. The van der Waals surface area contributed by atoms with Crippen molar-refractivity contribution in [3.05, 3.63) is 36.2 Å². The number of rotatable bonds is 5. The molecule has 100 valence electrons. The molecule has 0 aromatic carbocycles. The smallest absolute Gasteiger partial charge is 0.259 e. The van der Waals surface area contributed by atoms with Crippen LogP contribution in [0.15, 0.2) is 24.9 Å². The van der Waals surface area contributed by atoms with E-state index in [1.807, 2.05) is 6.92 Å². The standard InChI is InChI=1S/C12H16N6O/c1-9-11(7-16-18(9)4-2-3-13)12(19)17-10-5-14-8-15-6-10/h5-8H,2-4,13H2,1H3,(H,17,19). The second-order valence-electron chi connectivity index (χ2n) is 4.09. The van der Waals surface area contributed by atoms with Crippen LogP contribution in [0.4, 0.5) is 5.69 Å².